The molecule has 1 unspecified atom stereocenters. The number of carbonyl (C=O) groups excluding carboxylic acids is 1. The van der Waals surface area contributed by atoms with E-state index in [0.29, 0.717) is 18.6 Å². The summed E-state index contributed by atoms with van der Waals surface area (Å²) in [5.41, 5.74) is 0. The van der Waals surface area contributed by atoms with Gasteiger partial charge in [0.2, 0.25) is 5.91 Å². The normalized spacial score (nSPS) is 11.8. The maximum absolute atomic E-state index is 13.0. The Labute approximate surface area is 129 Å². The molecule has 1 aromatic carbocycles. The molecule has 1 N–H and O–H groups in total. The van der Waals surface area contributed by atoms with Crippen molar-refractivity contribution in [1.29, 1.82) is 0 Å². The Kier molecular flexibility index (Phi) is 7.36. The van der Waals surface area contributed by atoms with Crippen LogP contribution in [-0.2, 0) is 9.59 Å². The SMILES string of the molecule is CCC(C)N(CC(=O)O)C(=O)CCCOc1cccc(F)c1. The average Bonchev–Trinajstić information content (AvgIpc) is 2.48. The molecule has 1 rings (SSSR count). The van der Waals surface area contributed by atoms with Crippen molar-refractivity contribution in [3.05, 3.63) is 30.1 Å². The first-order valence-corrected chi connectivity index (χ1v) is 7.33. The zero-order chi connectivity index (χ0) is 16.5. The van der Waals surface area contributed by atoms with Crippen LogP contribution in [0.15, 0.2) is 24.3 Å². The molecule has 6 heteroatoms. The Balaban J connectivity index is 2.41. The first-order valence-electron chi connectivity index (χ1n) is 7.33. The molecule has 0 saturated carbocycles. The van der Waals surface area contributed by atoms with Crippen molar-refractivity contribution < 1.29 is 23.8 Å². The lowest BCUT2D eigenvalue weighted by molar-refractivity contribution is -0.146. The summed E-state index contributed by atoms with van der Waals surface area (Å²) in [6.45, 7) is 3.71. The van der Waals surface area contributed by atoms with E-state index in [1.165, 1.54) is 17.0 Å². The molecular formula is C16H22FNO4. The molecule has 0 aliphatic heterocycles. The summed E-state index contributed by atoms with van der Waals surface area (Å²) in [7, 11) is 0. The molecule has 0 fully saturated rings. The van der Waals surface area contributed by atoms with Gasteiger partial charge in [-0.25, -0.2) is 4.39 Å². The standard InChI is InChI=1S/C16H22FNO4/c1-3-12(2)18(11-16(20)21)15(19)8-5-9-22-14-7-4-6-13(17)10-14/h4,6-7,10,12H,3,5,8-9,11H2,1-2H3,(H,20,21). The van der Waals surface area contributed by atoms with Gasteiger partial charge in [0.1, 0.15) is 18.1 Å². The van der Waals surface area contributed by atoms with Gasteiger partial charge in [-0.1, -0.05) is 13.0 Å². The van der Waals surface area contributed by atoms with Gasteiger partial charge in [-0.05, 0) is 31.9 Å². The fourth-order valence-corrected chi connectivity index (χ4v) is 1.97. The minimum atomic E-state index is -1.02. The molecule has 1 atom stereocenters. The van der Waals surface area contributed by atoms with Crippen LogP contribution in [0.1, 0.15) is 33.1 Å². The molecule has 0 aromatic heterocycles. The molecule has 22 heavy (non-hydrogen) atoms. The smallest absolute Gasteiger partial charge is 0.323 e. The summed E-state index contributed by atoms with van der Waals surface area (Å²) < 4.78 is 18.3. The maximum atomic E-state index is 13.0. The number of rotatable bonds is 9. The Bertz CT molecular complexity index is 507. The van der Waals surface area contributed by atoms with E-state index in [2.05, 4.69) is 0 Å². The van der Waals surface area contributed by atoms with E-state index in [1.807, 2.05) is 13.8 Å². The lowest BCUT2D eigenvalue weighted by atomic mass is 10.2. The van der Waals surface area contributed by atoms with Gasteiger partial charge in [0, 0.05) is 18.5 Å². The van der Waals surface area contributed by atoms with E-state index in [1.54, 1.807) is 12.1 Å². The highest BCUT2D eigenvalue weighted by molar-refractivity contribution is 5.81. The van der Waals surface area contributed by atoms with Crippen molar-refractivity contribution in [2.45, 2.75) is 39.2 Å². The Morgan fingerprint density at radius 1 is 1.41 bits per heavy atom. The van der Waals surface area contributed by atoms with Gasteiger partial charge in [0.05, 0.1) is 6.61 Å². The Morgan fingerprint density at radius 2 is 2.14 bits per heavy atom. The van der Waals surface area contributed by atoms with Crippen LogP contribution in [0.25, 0.3) is 0 Å². The van der Waals surface area contributed by atoms with Gasteiger partial charge >= 0.3 is 5.97 Å². The van der Waals surface area contributed by atoms with Crippen LogP contribution in [0, 0.1) is 5.82 Å². The van der Waals surface area contributed by atoms with Crippen molar-refractivity contribution in [3.63, 3.8) is 0 Å². The minimum absolute atomic E-state index is 0.118. The second-order valence-electron chi connectivity index (χ2n) is 5.08. The van der Waals surface area contributed by atoms with E-state index in [4.69, 9.17) is 9.84 Å². The second-order valence-corrected chi connectivity index (χ2v) is 5.08. The number of hydrogen-bond donors (Lipinski definition) is 1. The van der Waals surface area contributed by atoms with Crippen LogP contribution in [0.5, 0.6) is 5.75 Å². The van der Waals surface area contributed by atoms with Crippen LogP contribution in [0.4, 0.5) is 4.39 Å². The van der Waals surface area contributed by atoms with Crippen LogP contribution >= 0.6 is 0 Å². The van der Waals surface area contributed by atoms with Gasteiger partial charge in [0.15, 0.2) is 0 Å². The van der Waals surface area contributed by atoms with E-state index in [0.717, 1.165) is 0 Å². The van der Waals surface area contributed by atoms with Crippen LogP contribution in [-0.4, -0.2) is 41.1 Å². The monoisotopic (exact) mass is 311 g/mol. The highest BCUT2D eigenvalue weighted by atomic mass is 19.1. The van der Waals surface area contributed by atoms with Gasteiger partial charge < -0.3 is 14.7 Å². The summed E-state index contributed by atoms with van der Waals surface area (Å²) in [6.07, 6.45) is 1.34. The zero-order valence-electron chi connectivity index (χ0n) is 12.9. The van der Waals surface area contributed by atoms with Crippen molar-refractivity contribution in [1.82, 2.24) is 4.90 Å². The number of ether oxygens (including phenoxy) is 1. The molecular weight excluding hydrogens is 289 g/mol. The number of aliphatic carboxylic acids is 1. The van der Waals surface area contributed by atoms with Crippen LogP contribution in [0.3, 0.4) is 0 Å². The summed E-state index contributed by atoms with van der Waals surface area (Å²) >= 11 is 0. The predicted molar refractivity (Wildman–Crippen MR) is 80.2 cm³/mol. The first-order chi connectivity index (χ1) is 10.4. The van der Waals surface area contributed by atoms with Crippen molar-refractivity contribution in [3.8, 4) is 5.75 Å². The zero-order valence-corrected chi connectivity index (χ0v) is 12.9. The van der Waals surface area contributed by atoms with Crippen LogP contribution in [0.2, 0.25) is 0 Å². The van der Waals surface area contributed by atoms with Gasteiger partial charge in [-0.15, -0.1) is 0 Å². The summed E-state index contributed by atoms with van der Waals surface area (Å²) in [5.74, 6) is -1.20. The number of carbonyl (C=O) groups is 2. The number of carboxylic acid groups (broad SMARTS) is 1. The predicted octanol–water partition coefficient (Wildman–Crippen LogP) is 2.70. The molecule has 122 valence electrons. The third kappa shape index (κ3) is 6.11. The topological polar surface area (TPSA) is 66.8 Å². The van der Waals surface area contributed by atoms with Crippen molar-refractivity contribution in [2.24, 2.45) is 0 Å². The van der Waals surface area contributed by atoms with Crippen LogP contribution < -0.4 is 4.74 Å². The van der Waals surface area contributed by atoms with E-state index in [-0.39, 0.29) is 37.3 Å². The summed E-state index contributed by atoms with van der Waals surface area (Å²) in [6, 6.07) is 5.67. The molecule has 0 radical (unpaired) electrons. The molecule has 5 nitrogen and oxygen atoms in total. The highest BCUT2D eigenvalue weighted by Crippen LogP contribution is 2.13. The van der Waals surface area contributed by atoms with Crippen molar-refractivity contribution >= 4 is 11.9 Å². The third-order valence-corrected chi connectivity index (χ3v) is 3.35. The Hall–Kier alpha value is -2.11. The Morgan fingerprint density at radius 3 is 2.73 bits per heavy atom. The molecule has 0 spiro atoms. The summed E-state index contributed by atoms with van der Waals surface area (Å²) in [4.78, 5) is 24.3. The number of hydrogen-bond acceptors (Lipinski definition) is 3. The number of carboxylic acids is 1. The van der Waals surface area contributed by atoms with Gasteiger partial charge in [-0.3, -0.25) is 9.59 Å². The second kappa shape index (κ2) is 9.02. The minimum Gasteiger partial charge on any atom is -0.493 e. The fourth-order valence-electron chi connectivity index (χ4n) is 1.97. The highest BCUT2D eigenvalue weighted by Gasteiger charge is 2.20. The molecule has 1 amide bonds. The molecule has 0 aliphatic rings. The van der Waals surface area contributed by atoms with E-state index in [9.17, 15) is 14.0 Å². The average molecular weight is 311 g/mol. The van der Waals surface area contributed by atoms with Gasteiger partial charge in [0.25, 0.3) is 0 Å². The lowest BCUT2D eigenvalue weighted by Crippen LogP contribution is -2.41. The molecule has 0 aliphatic carbocycles. The van der Waals surface area contributed by atoms with E-state index < -0.39 is 5.97 Å². The van der Waals surface area contributed by atoms with E-state index >= 15 is 0 Å². The molecule has 0 heterocycles. The largest absolute Gasteiger partial charge is 0.493 e. The lowest BCUT2D eigenvalue weighted by Gasteiger charge is -2.27. The van der Waals surface area contributed by atoms with Gasteiger partial charge in [-0.2, -0.15) is 0 Å². The number of amides is 1. The third-order valence-electron chi connectivity index (χ3n) is 3.35. The quantitative estimate of drug-likeness (QED) is 0.712. The molecule has 0 bridgehead atoms. The van der Waals surface area contributed by atoms with Crippen molar-refractivity contribution in [2.75, 3.05) is 13.2 Å². The number of benzene rings is 1. The molecule has 1 aromatic rings. The fraction of sp³-hybridized carbons (Fsp3) is 0.500. The number of nitrogens with zero attached hydrogens (tertiary/aromatic N) is 1. The first kappa shape index (κ1) is 17.9. The maximum Gasteiger partial charge on any atom is 0.323 e. The molecule has 0 saturated heterocycles. The summed E-state index contributed by atoms with van der Waals surface area (Å²) in [5, 5.41) is 8.87. The number of halogens is 1.